The lowest BCUT2D eigenvalue weighted by Crippen LogP contribution is -2.36. The van der Waals surface area contributed by atoms with Crippen LogP contribution >= 0.6 is 0 Å². The topological polar surface area (TPSA) is 40.1 Å². The predicted octanol–water partition coefficient (Wildman–Crippen LogP) is 2.02. The highest BCUT2D eigenvalue weighted by Crippen LogP contribution is 2.37. The van der Waals surface area contributed by atoms with E-state index in [0.717, 1.165) is 5.56 Å². The van der Waals surface area contributed by atoms with Crippen LogP contribution < -0.4 is 5.11 Å². The molecule has 17 heavy (non-hydrogen) atoms. The molecule has 0 saturated carbocycles. The lowest BCUT2D eigenvalue weighted by Gasteiger charge is -2.31. The molecule has 3 heteroatoms. The van der Waals surface area contributed by atoms with Crippen molar-refractivity contribution in [2.45, 2.75) is 25.7 Å². The second-order valence-corrected chi connectivity index (χ2v) is 4.57. The number of allylic oxidation sites excluding steroid dienone is 2. The van der Waals surface area contributed by atoms with Gasteiger partial charge in [0.15, 0.2) is 0 Å². The summed E-state index contributed by atoms with van der Waals surface area (Å²) in [7, 11) is 0. The van der Waals surface area contributed by atoms with Gasteiger partial charge in [0.25, 0.3) is 0 Å². The maximum Gasteiger partial charge on any atom is 0.123 e. The Kier molecular flexibility index (Phi) is 3.27. The number of carbonyl (C=O) groups excluding carboxylic acids is 1. The molecule has 0 unspecified atom stereocenters. The number of carbonyl (C=O) groups is 1. The molecule has 0 N–H and O–H groups in total. The number of halogens is 1. The van der Waals surface area contributed by atoms with E-state index in [2.05, 4.69) is 0 Å². The van der Waals surface area contributed by atoms with Crippen LogP contribution in [0.15, 0.2) is 35.9 Å². The number of aliphatic carboxylic acids is 1. The van der Waals surface area contributed by atoms with Gasteiger partial charge in [0, 0.05) is 11.9 Å². The molecule has 0 bridgehead atoms. The van der Waals surface area contributed by atoms with Gasteiger partial charge in [-0.3, -0.25) is 0 Å². The lowest BCUT2D eigenvalue weighted by molar-refractivity contribution is -0.312. The molecule has 2 rings (SSSR count). The predicted molar refractivity (Wildman–Crippen MR) is 60.6 cm³/mol. The van der Waals surface area contributed by atoms with Crippen molar-refractivity contribution in [3.63, 3.8) is 0 Å². The molecule has 1 aliphatic rings. The van der Waals surface area contributed by atoms with Crippen molar-refractivity contribution in [1.82, 2.24) is 0 Å². The Hall–Kier alpha value is -1.64. The standard InChI is InChI=1S/C14H15FO2/c1-9-2-7-12(14(16)17)13(8-9)10-3-5-11(15)6-4-10/h2-6,12-13H,7-8H2,1H3,(H,16,17)/p-1/t12-,13-/m1/s1. The van der Waals surface area contributed by atoms with E-state index >= 15 is 0 Å². The van der Waals surface area contributed by atoms with Crippen molar-refractivity contribution in [1.29, 1.82) is 0 Å². The molecule has 0 aromatic heterocycles. The van der Waals surface area contributed by atoms with Gasteiger partial charge in [0.1, 0.15) is 5.82 Å². The summed E-state index contributed by atoms with van der Waals surface area (Å²) in [5, 5.41) is 11.1. The van der Waals surface area contributed by atoms with Gasteiger partial charge in [-0.1, -0.05) is 23.8 Å². The van der Waals surface area contributed by atoms with E-state index in [1.165, 1.54) is 17.7 Å². The first-order valence-corrected chi connectivity index (χ1v) is 5.70. The number of hydrogen-bond donors (Lipinski definition) is 0. The first-order chi connectivity index (χ1) is 8.08. The highest BCUT2D eigenvalue weighted by atomic mass is 19.1. The zero-order chi connectivity index (χ0) is 12.4. The van der Waals surface area contributed by atoms with Crippen LogP contribution in [0.5, 0.6) is 0 Å². The van der Waals surface area contributed by atoms with E-state index < -0.39 is 11.9 Å². The van der Waals surface area contributed by atoms with E-state index in [-0.39, 0.29) is 11.7 Å². The molecule has 0 heterocycles. The van der Waals surface area contributed by atoms with Gasteiger partial charge in [-0.05, 0) is 43.4 Å². The zero-order valence-corrected chi connectivity index (χ0v) is 9.65. The second kappa shape index (κ2) is 4.70. The Morgan fingerprint density at radius 1 is 1.35 bits per heavy atom. The Labute approximate surface area is 99.8 Å². The number of benzene rings is 1. The van der Waals surface area contributed by atoms with Gasteiger partial charge in [0.05, 0.1) is 0 Å². The summed E-state index contributed by atoms with van der Waals surface area (Å²) in [5.41, 5.74) is 2.05. The molecule has 90 valence electrons. The first-order valence-electron chi connectivity index (χ1n) is 5.70. The lowest BCUT2D eigenvalue weighted by atomic mass is 9.76. The second-order valence-electron chi connectivity index (χ2n) is 4.57. The van der Waals surface area contributed by atoms with E-state index in [1.807, 2.05) is 13.0 Å². The summed E-state index contributed by atoms with van der Waals surface area (Å²) in [5.74, 6) is -1.94. The summed E-state index contributed by atoms with van der Waals surface area (Å²) in [6, 6.07) is 6.06. The summed E-state index contributed by atoms with van der Waals surface area (Å²) in [6.45, 7) is 1.99. The van der Waals surface area contributed by atoms with Gasteiger partial charge in [0.2, 0.25) is 0 Å². The van der Waals surface area contributed by atoms with Crippen LogP contribution in [0.4, 0.5) is 4.39 Å². The van der Waals surface area contributed by atoms with Crippen molar-refractivity contribution in [2.24, 2.45) is 5.92 Å². The third kappa shape index (κ3) is 2.54. The van der Waals surface area contributed by atoms with Crippen LogP contribution in [0, 0.1) is 11.7 Å². The third-order valence-corrected chi connectivity index (χ3v) is 3.35. The number of carboxylic acid groups (broad SMARTS) is 1. The fraction of sp³-hybridized carbons (Fsp3) is 0.357. The molecule has 0 spiro atoms. The molecule has 0 fully saturated rings. The van der Waals surface area contributed by atoms with Gasteiger partial charge in [-0.15, -0.1) is 0 Å². The summed E-state index contributed by atoms with van der Waals surface area (Å²) in [6.07, 6.45) is 3.14. The van der Waals surface area contributed by atoms with Crippen LogP contribution in [0.2, 0.25) is 0 Å². The zero-order valence-electron chi connectivity index (χ0n) is 9.65. The van der Waals surface area contributed by atoms with Crippen molar-refractivity contribution in [2.75, 3.05) is 0 Å². The third-order valence-electron chi connectivity index (χ3n) is 3.35. The fourth-order valence-corrected chi connectivity index (χ4v) is 2.39. The summed E-state index contributed by atoms with van der Waals surface area (Å²) >= 11 is 0. The molecule has 1 aromatic rings. The molecule has 0 amide bonds. The summed E-state index contributed by atoms with van der Waals surface area (Å²) in [4.78, 5) is 11.1. The highest BCUT2D eigenvalue weighted by Gasteiger charge is 2.26. The van der Waals surface area contributed by atoms with Crippen molar-refractivity contribution >= 4 is 5.97 Å². The Morgan fingerprint density at radius 3 is 2.59 bits per heavy atom. The van der Waals surface area contributed by atoms with Gasteiger partial charge in [-0.25, -0.2) is 4.39 Å². The maximum absolute atomic E-state index is 12.8. The Morgan fingerprint density at radius 2 is 2.00 bits per heavy atom. The molecule has 1 aliphatic carbocycles. The smallest absolute Gasteiger partial charge is 0.123 e. The van der Waals surface area contributed by atoms with Gasteiger partial charge < -0.3 is 9.90 Å². The van der Waals surface area contributed by atoms with E-state index in [4.69, 9.17) is 0 Å². The van der Waals surface area contributed by atoms with Crippen LogP contribution in [-0.2, 0) is 4.79 Å². The first kappa shape index (κ1) is 11.8. The Balaban J connectivity index is 2.31. The minimum atomic E-state index is -1.02. The van der Waals surface area contributed by atoms with E-state index in [1.54, 1.807) is 12.1 Å². The monoisotopic (exact) mass is 233 g/mol. The van der Waals surface area contributed by atoms with E-state index in [0.29, 0.717) is 12.8 Å². The van der Waals surface area contributed by atoms with Crippen LogP contribution in [0.25, 0.3) is 0 Å². The number of rotatable bonds is 2. The van der Waals surface area contributed by atoms with Gasteiger partial charge in [-0.2, -0.15) is 0 Å². The summed E-state index contributed by atoms with van der Waals surface area (Å²) < 4.78 is 12.8. The molecule has 2 nitrogen and oxygen atoms in total. The van der Waals surface area contributed by atoms with Gasteiger partial charge >= 0.3 is 0 Å². The number of hydrogen-bond acceptors (Lipinski definition) is 2. The molecule has 2 atom stereocenters. The van der Waals surface area contributed by atoms with Crippen LogP contribution in [-0.4, -0.2) is 5.97 Å². The van der Waals surface area contributed by atoms with Crippen molar-refractivity contribution < 1.29 is 14.3 Å². The minimum Gasteiger partial charge on any atom is -0.550 e. The molecule has 0 aliphatic heterocycles. The van der Waals surface area contributed by atoms with E-state index in [9.17, 15) is 14.3 Å². The molecule has 0 radical (unpaired) electrons. The average Bonchev–Trinajstić information content (AvgIpc) is 2.29. The Bertz CT molecular complexity index is 448. The van der Waals surface area contributed by atoms with Crippen LogP contribution in [0.1, 0.15) is 31.2 Å². The highest BCUT2D eigenvalue weighted by molar-refractivity contribution is 5.70. The molecular formula is C14H14FO2-. The maximum atomic E-state index is 12.8. The quantitative estimate of drug-likeness (QED) is 0.733. The van der Waals surface area contributed by atoms with Crippen LogP contribution in [0.3, 0.4) is 0 Å². The molecule has 0 saturated heterocycles. The SMILES string of the molecule is CC1=CC[C@@H](C(=O)[O-])[C@@H](c2ccc(F)cc2)C1. The largest absolute Gasteiger partial charge is 0.550 e. The normalized spacial score (nSPS) is 24.2. The van der Waals surface area contributed by atoms with Crippen molar-refractivity contribution in [3.8, 4) is 0 Å². The minimum absolute atomic E-state index is 0.106. The number of carboxylic acids is 1. The van der Waals surface area contributed by atoms with Crippen molar-refractivity contribution in [3.05, 3.63) is 47.3 Å². The fourth-order valence-electron chi connectivity index (χ4n) is 2.39. The average molecular weight is 233 g/mol. The molecular weight excluding hydrogens is 219 g/mol. The molecule has 1 aromatic carbocycles.